The van der Waals surface area contributed by atoms with Gasteiger partial charge in [-0.2, -0.15) is 0 Å². The Labute approximate surface area is 161 Å². The zero-order valence-corrected chi connectivity index (χ0v) is 16.2. The number of hydrogen-bond donors (Lipinski definition) is 0. The molecule has 0 radical (unpaired) electrons. The van der Waals surface area contributed by atoms with E-state index in [0.717, 1.165) is 0 Å². The molecule has 26 heavy (non-hydrogen) atoms. The molecule has 0 spiro atoms. The van der Waals surface area contributed by atoms with Crippen LogP contribution in [-0.2, 0) is 4.74 Å². The van der Waals surface area contributed by atoms with Gasteiger partial charge in [-0.3, -0.25) is 0 Å². The molecule has 1 fully saturated rings. The van der Waals surface area contributed by atoms with Gasteiger partial charge in [0.05, 0.1) is 10.6 Å². The van der Waals surface area contributed by atoms with Crippen molar-refractivity contribution in [1.82, 2.24) is 20.1 Å². The highest BCUT2D eigenvalue weighted by Crippen LogP contribution is 2.29. The molecule has 1 aliphatic rings. The SMILES string of the molecule is CC(C)(C)OC(=O)N1CCN(c2nnc(-c3cnc(Cl)cc3Cl)o2)CC1. The van der Waals surface area contributed by atoms with E-state index in [1.165, 1.54) is 12.3 Å². The number of pyridine rings is 1. The Bertz CT molecular complexity index is 797. The first kappa shape index (κ1) is 18.7. The number of halogens is 2. The molecule has 2 aromatic rings. The summed E-state index contributed by atoms with van der Waals surface area (Å²) in [5, 5.41) is 8.76. The van der Waals surface area contributed by atoms with Gasteiger partial charge >= 0.3 is 12.1 Å². The molecule has 0 aromatic carbocycles. The highest BCUT2D eigenvalue weighted by molar-refractivity contribution is 6.35. The molecule has 10 heteroatoms. The van der Waals surface area contributed by atoms with Crippen molar-refractivity contribution in [3.8, 4) is 11.5 Å². The molecule has 8 nitrogen and oxygen atoms in total. The van der Waals surface area contributed by atoms with Gasteiger partial charge in [0.2, 0.25) is 0 Å². The average molecular weight is 400 g/mol. The normalized spacial score (nSPS) is 15.3. The van der Waals surface area contributed by atoms with Gasteiger partial charge in [0.25, 0.3) is 5.89 Å². The van der Waals surface area contributed by atoms with E-state index in [-0.39, 0.29) is 17.1 Å². The predicted molar refractivity (Wildman–Crippen MR) is 97.6 cm³/mol. The van der Waals surface area contributed by atoms with Crippen molar-refractivity contribution in [2.24, 2.45) is 0 Å². The van der Waals surface area contributed by atoms with Crippen LogP contribution in [0.1, 0.15) is 20.8 Å². The van der Waals surface area contributed by atoms with Crippen molar-refractivity contribution in [3.05, 3.63) is 22.4 Å². The summed E-state index contributed by atoms with van der Waals surface area (Å²) >= 11 is 11.9. The summed E-state index contributed by atoms with van der Waals surface area (Å²) < 4.78 is 11.1. The number of anilines is 1. The Morgan fingerprint density at radius 3 is 2.50 bits per heavy atom. The third-order valence-corrected chi connectivity index (χ3v) is 4.19. The molecule has 1 aliphatic heterocycles. The van der Waals surface area contributed by atoms with E-state index < -0.39 is 5.60 Å². The number of hydrogen-bond acceptors (Lipinski definition) is 7. The summed E-state index contributed by atoms with van der Waals surface area (Å²) in [6.07, 6.45) is 1.17. The second-order valence-electron chi connectivity index (χ2n) is 6.83. The lowest BCUT2D eigenvalue weighted by Gasteiger charge is -2.34. The predicted octanol–water partition coefficient (Wildman–Crippen LogP) is 3.50. The van der Waals surface area contributed by atoms with Gasteiger partial charge in [0.15, 0.2) is 0 Å². The molecular formula is C16H19Cl2N5O3. The number of amides is 1. The number of carbonyl (C=O) groups excluding carboxylic acids is 1. The Morgan fingerprint density at radius 2 is 1.88 bits per heavy atom. The lowest BCUT2D eigenvalue weighted by Crippen LogP contribution is -2.50. The van der Waals surface area contributed by atoms with Gasteiger partial charge in [-0.05, 0) is 26.8 Å². The summed E-state index contributed by atoms with van der Waals surface area (Å²) in [5.74, 6) is 0.267. The highest BCUT2D eigenvalue weighted by Gasteiger charge is 2.28. The van der Waals surface area contributed by atoms with E-state index >= 15 is 0 Å². The van der Waals surface area contributed by atoms with Crippen LogP contribution in [0.4, 0.5) is 10.8 Å². The minimum atomic E-state index is -0.512. The molecule has 140 valence electrons. The molecule has 0 N–H and O–H groups in total. The topological polar surface area (TPSA) is 84.6 Å². The number of piperazine rings is 1. The van der Waals surface area contributed by atoms with Crippen LogP contribution in [0.25, 0.3) is 11.5 Å². The van der Waals surface area contributed by atoms with E-state index in [1.807, 2.05) is 25.7 Å². The monoisotopic (exact) mass is 399 g/mol. The summed E-state index contributed by atoms with van der Waals surface area (Å²) in [5.41, 5.74) is 0.00352. The van der Waals surface area contributed by atoms with Crippen molar-refractivity contribution >= 4 is 35.3 Å². The van der Waals surface area contributed by atoms with Crippen molar-refractivity contribution in [3.63, 3.8) is 0 Å². The van der Waals surface area contributed by atoms with E-state index in [2.05, 4.69) is 15.2 Å². The van der Waals surface area contributed by atoms with Crippen molar-refractivity contribution in [2.45, 2.75) is 26.4 Å². The summed E-state index contributed by atoms with van der Waals surface area (Å²) in [6, 6.07) is 1.89. The second-order valence-corrected chi connectivity index (χ2v) is 7.63. The van der Waals surface area contributed by atoms with E-state index in [9.17, 15) is 4.79 Å². The number of aromatic nitrogens is 3. The van der Waals surface area contributed by atoms with Crippen LogP contribution in [0, 0.1) is 0 Å². The fourth-order valence-corrected chi connectivity index (χ4v) is 2.87. The van der Waals surface area contributed by atoms with Gasteiger partial charge in [0.1, 0.15) is 10.8 Å². The quantitative estimate of drug-likeness (QED) is 0.714. The first-order valence-corrected chi connectivity index (χ1v) is 8.86. The second kappa shape index (κ2) is 7.28. The minimum absolute atomic E-state index is 0.267. The average Bonchev–Trinajstić information content (AvgIpc) is 3.03. The number of ether oxygens (including phenoxy) is 1. The first-order valence-electron chi connectivity index (χ1n) is 8.11. The molecule has 1 saturated heterocycles. The maximum Gasteiger partial charge on any atom is 0.410 e. The standard InChI is InChI=1S/C16H19Cl2N5O3/c1-16(2,3)26-15(24)23-6-4-22(5-7-23)14-21-20-13(25-14)10-9-19-12(18)8-11(10)17/h8-9H,4-7H2,1-3H3. The number of carbonyl (C=O) groups is 1. The highest BCUT2D eigenvalue weighted by atomic mass is 35.5. The summed E-state index contributed by atoms with van der Waals surface area (Å²) in [4.78, 5) is 19.7. The van der Waals surface area contributed by atoms with Gasteiger partial charge in [-0.25, -0.2) is 9.78 Å². The van der Waals surface area contributed by atoms with E-state index in [0.29, 0.717) is 42.8 Å². The molecule has 0 atom stereocenters. The molecule has 3 rings (SSSR count). The van der Waals surface area contributed by atoms with Gasteiger partial charge in [-0.15, -0.1) is 5.10 Å². The Morgan fingerprint density at radius 1 is 1.19 bits per heavy atom. The lowest BCUT2D eigenvalue weighted by atomic mass is 10.2. The first-order chi connectivity index (χ1) is 12.2. The number of rotatable bonds is 2. The van der Waals surface area contributed by atoms with Crippen LogP contribution in [0.15, 0.2) is 16.7 Å². The Balaban J connectivity index is 1.64. The van der Waals surface area contributed by atoms with Crippen molar-refractivity contribution in [1.29, 1.82) is 0 Å². The molecule has 0 bridgehead atoms. The van der Waals surface area contributed by atoms with Gasteiger partial charge in [-0.1, -0.05) is 28.3 Å². The van der Waals surface area contributed by atoms with Gasteiger partial charge in [0, 0.05) is 32.4 Å². The van der Waals surface area contributed by atoms with Crippen LogP contribution in [0.2, 0.25) is 10.2 Å². The Hall–Kier alpha value is -2.06. The lowest BCUT2D eigenvalue weighted by molar-refractivity contribution is 0.0239. The van der Waals surface area contributed by atoms with E-state index in [4.69, 9.17) is 32.4 Å². The van der Waals surface area contributed by atoms with Crippen molar-refractivity contribution in [2.75, 3.05) is 31.1 Å². The molecule has 3 heterocycles. The molecule has 0 aliphatic carbocycles. The van der Waals surface area contributed by atoms with E-state index in [1.54, 1.807) is 4.90 Å². The zero-order chi connectivity index (χ0) is 18.9. The number of nitrogens with zero attached hydrogens (tertiary/aromatic N) is 5. The van der Waals surface area contributed by atoms with Crippen LogP contribution < -0.4 is 4.90 Å². The van der Waals surface area contributed by atoms with Crippen molar-refractivity contribution < 1.29 is 13.9 Å². The summed E-state index contributed by atoms with van der Waals surface area (Å²) in [7, 11) is 0. The Kier molecular flexibility index (Phi) is 5.24. The smallest absolute Gasteiger partial charge is 0.410 e. The molecule has 2 aromatic heterocycles. The van der Waals surface area contributed by atoms with Crippen LogP contribution in [0.3, 0.4) is 0 Å². The van der Waals surface area contributed by atoms with Gasteiger partial charge < -0.3 is 19.0 Å². The molecule has 0 saturated carbocycles. The maximum atomic E-state index is 12.1. The van der Waals surface area contributed by atoms with Crippen LogP contribution in [0.5, 0.6) is 0 Å². The zero-order valence-electron chi connectivity index (χ0n) is 14.7. The minimum Gasteiger partial charge on any atom is -0.444 e. The molecular weight excluding hydrogens is 381 g/mol. The largest absolute Gasteiger partial charge is 0.444 e. The van der Waals surface area contributed by atoms with Crippen LogP contribution in [-0.4, -0.2) is 58.0 Å². The maximum absolute atomic E-state index is 12.1. The molecule has 0 unspecified atom stereocenters. The third kappa shape index (κ3) is 4.37. The fraction of sp³-hybridized carbons (Fsp3) is 0.500. The third-order valence-electron chi connectivity index (χ3n) is 3.67. The fourth-order valence-electron chi connectivity index (χ4n) is 2.42. The van der Waals surface area contributed by atoms with Crippen LogP contribution >= 0.6 is 23.2 Å². The summed E-state index contributed by atoms with van der Waals surface area (Å²) in [6.45, 7) is 7.68. The molecule has 1 amide bonds.